The Morgan fingerprint density at radius 3 is 2.44 bits per heavy atom. The van der Waals surface area contributed by atoms with E-state index >= 15 is 0 Å². The third kappa shape index (κ3) is 2.76. The molecule has 0 aliphatic rings. The maximum atomic E-state index is 11.3. The molecule has 1 unspecified atom stereocenters. The number of carbonyl (C=O) groups is 1. The Hall–Kier alpha value is -1.03. The molecule has 0 saturated carbocycles. The van der Waals surface area contributed by atoms with Crippen molar-refractivity contribution in [3.63, 3.8) is 0 Å². The summed E-state index contributed by atoms with van der Waals surface area (Å²) in [4.78, 5) is 11.3. The van der Waals surface area contributed by atoms with E-state index in [9.17, 15) is 9.90 Å². The number of benzene rings is 1. The minimum atomic E-state index is -0.850. The number of carboxylic acid groups (broad SMARTS) is 1. The first-order valence-electron chi connectivity index (χ1n) is 5.01. The predicted octanol–water partition coefficient (Wildman–Crippen LogP) is 3.25. The molecule has 0 aliphatic heterocycles. The molecule has 1 aromatic carbocycles. The molecule has 88 valence electrons. The Morgan fingerprint density at radius 2 is 2.00 bits per heavy atom. The van der Waals surface area contributed by atoms with Crippen LogP contribution in [0.15, 0.2) is 22.7 Å². The molecule has 0 radical (unpaired) electrons. The molecule has 3 N–H and O–H groups in total. The third-order valence-corrected chi connectivity index (χ3v) is 2.97. The van der Waals surface area contributed by atoms with Crippen LogP contribution in [0.25, 0.3) is 0 Å². The molecule has 0 bridgehead atoms. The third-order valence-electron chi connectivity index (χ3n) is 2.47. The van der Waals surface area contributed by atoms with E-state index in [1.165, 1.54) is 0 Å². The molecule has 1 atom stereocenters. The van der Waals surface area contributed by atoms with Gasteiger partial charge >= 0.3 is 5.97 Å². The number of anilines is 1. The number of hydrogen-bond acceptors (Lipinski definition) is 2. The molecular formula is C12H16BrNO2. The summed E-state index contributed by atoms with van der Waals surface area (Å²) in [5, 5.41) is 9.31. The van der Waals surface area contributed by atoms with Crippen LogP contribution in [0.4, 0.5) is 5.69 Å². The highest BCUT2D eigenvalue weighted by molar-refractivity contribution is 9.10. The van der Waals surface area contributed by atoms with E-state index in [1.807, 2.05) is 20.8 Å². The van der Waals surface area contributed by atoms with Crippen molar-refractivity contribution in [1.29, 1.82) is 0 Å². The van der Waals surface area contributed by atoms with E-state index < -0.39 is 11.9 Å². The van der Waals surface area contributed by atoms with Gasteiger partial charge in [0.25, 0.3) is 0 Å². The maximum Gasteiger partial charge on any atom is 0.311 e. The summed E-state index contributed by atoms with van der Waals surface area (Å²) >= 11 is 3.33. The van der Waals surface area contributed by atoms with E-state index in [-0.39, 0.29) is 5.41 Å². The number of rotatable bonds is 2. The van der Waals surface area contributed by atoms with Crippen molar-refractivity contribution in [2.24, 2.45) is 5.41 Å². The number of aliphatic carboxylic acids is 1. The minimum Gasteiger partial charge on any atom is -0.481 e. The minimum absolute atomic E-state index is 0.374. The number of halogens is 1. The van der Waals surface area contributed by atoms with Gasteiger partial charge in [-0.1, -0.05) is 36.7 Å². The lowest BCUT2D eigenvalue weighted by Gasteiger charge is -2.28. The van der Waals surface area contributed by atoms with Crippen LogP contribution in [0.3, 0.4) is 0 Å². The van der Waals surface area contributed by atoms with E-state index in [2.05, 4.69) is 15.9 Å². The zero-order chi connectivity index (χ0) is 12.5. The molecule has 0 aliphatic carbocycles. The zero-order valence-electron chi connectivity index (χ0n) is 9.62. The lowest BCUT2D eigenvalue weighted by atomic mass is 9.76. The van der Waals surface area contributed by atoms with Crippen LogP contribution in [0.2, 0.25) is 0 Å². The Bertz CT molecular complexity index is 410. The van der Waals surface area contributed by atoms with Gasteiger partial charge in [-0.2, -0.15) is 0 Å². The van der Waals surface area contributed by atoms with Gasteiger partial charge in [-0.25, -0.2) is 0 Å². The van der Waals surface area contributed by atoms with Crippen LogP contribution >= 0.6 is 15.9 Å². The molecule has 4 heteroatoms. The lowest BCUT2D eigenvalue weighted by Crippen LogP contribution is -2.27. The van der Waals surface area contributed by atoms with Gasteiger partial charge in [0.1, 0.15) is 0 Å². The molecule has 1 rings (SSSR count). The Labute approximate surface area is 104 Å². The molecular weight excluding hydrogens is 270 g/mol. The van der Waals surface area contributed by atoms with Crippen molar-refractivity contribution in [2.45, 2.75) is 26.7 Å². The molecule has 0 spiro atoms. The highest BCUT2D eigenvalue weighted by atomic mass is 79.9. The van der Waals surface area contributed by atoms with Crippen molar-refractivity contribution in [3.8, 4) is 0 Å². The summed E-state index contributed by atoms with van der Waals surface area (Å²) in [5.74, 6) is -1.46. The smallest absolute Gasteiger partial charge is 0.311 e. The van der Waals surface area contributed by atoms with Gasteiger partial charge in [0.15, 0.2) is 0 Å². The molecule has 0 aromatic heterocycles. The predicted molar refractivity (Wildman–Crippen MR) is 68.4 cm³/mol. The monoisotopic (exact) mass is 285 g/mol. The first kappa shape index (κ1) is 13.0. The molecule has 1 aromatic rings. The van der Waals surface area contributed by atoms with Gasteiger partial charge in [0.05, 0.1) is 5.92 Å². The van der Waals surface area contributed by atoms with Crippen molar-refractivity contribution in [3.05, 3.63) is 28.2 Å². The van der Waals surface area contributed by atoms with Gasteiger partial charge in [0.2, 0.25) is 0 Å². The van der Waals surface area contributed by atoms with Crippen LogP contribution in [0.1, 0.15) is 32.3 Å². The molecule has 16 heavy (non-hydrogen) atoms. The van der Waals surface area contributed by atoms with Crippen molar-refractivity contribution in [2.75, 3.05) is 5.73 Å². The normalized spacial score (nSPS) is 13.5. The van der Waals surface area contributed by atoms with Crippen LogP contribution in [-0.4, -0.2) is 11.1 Å². The summed E-state index contributed by atoms with van der Waals surface area (Å²) in [6.07, 6.45) is 0. The quantitative estimate of drug-likeness (QED) is 0.820. The lowest BCUT2D eigenvalue weighted by molar-refractivity contribution is -0.141. The Kier molecular flexibility index (Phi) is 3.63. The number of nitrogen functional groups attached to an aromatic ring is 1. The van der Waals surface area contributed by atoms with Crippen LogP contribution in [-0.2, 0) is 4.79 Å². The van der Waals surface area contributed by atoms with Gasteiger partial charge in [0, 0.05) is 10.2 Å². The average molecular weight is 286 g/mol. The first-order valence-corrected chi connectivity index (χ1v) is 5.80. The van der Waals surface area contributed by atoms with Gasteiger partial charge in [-0.3, -0.25) is 4.79 Å². The fourth-order valence-electron chi connectivity index (χ4n) is 1.77. The van der Waals surface area contributed by atoms with Crippen LogP contribution < -0.4 is 5.73 Å². The van der Waals surface area contributed by atoms with Gasteiger partial charge in [-0.15, -0.1) is 0 Å². The van der Waals surface area contributed by atoms with Gasteiger partial charge < -0.3 is 10.8 Å². The van der Waals surface area contributed by atoms with E-state index in [0.717, 1.165) is 4.47 Å². The Balaban J connectivity index is 3.32. The standard InChI is InChI=1S/C12H16BrNO2/c1-12(2,3)10(11(15)16)8-6-7(13)4-5-9(8)14/h4-6,10H,14H2,1-3H3,(H,15,16). The van der Waals surface area contributed by atoms with E-state index in [0.29, 0.717) is 11.3 Å². The van der Waals surface area contributed by atoms with Crippen LogP contribution in [0.5, 0.6) is 0 Å². The van der Waals surface area contributed by atoms with Gasteiger partial charge in [-0.05, 0) is 29.2 Å². The number of hydrogen-bond donors (Lipinski definition) is 2. The second kappa shape index (κ2) is 4.45. The molecule has 0 fully saturated rings. The molecule has 3 nitrogen and oxygen atoms in total. The summed E-state index contributed by atoms with van der Waals surface area (Å²) in [5.41, 5.74) is 6.65. The fourth-order valence-corrected chi connectivity index (χ4v) is 2.14. The number of nitrogens with two attached hydrogens (primary N) is 1. The fraction of sp³-hybridized carbons (Fsp3) is 0.417. The van der Waals surface area contributed by atoms with E-state index in [4.69, 9.17) is 5.73 Å². The average Bonchev–Trinajstić information content (AvgIpc) is 2.08. The second-order valence-corrected chi connectivity index (χ2v) is 5.83. The Morgan fingerprint density at radius 1 is 1.44 bits per heavy atom. The molecule has 0 amide bonds. The van der Waals surface area contributed by atoms with Crippen molar-refractivity contribution in [1.82, 2.24) is 0 Å². The maximum absolute atomic E-state index is 11.3. The topological polar surface area (TPSA) is 63.3 Å². The largest absolute Gasteiger partial charge is 0.481 e. The SMILES string of the molecule is CC(C)(C)C(C(=O)O)c1cc(Br)ccc1N. The highest BCUT2D eigenvalue weighted by Crippen LogP contribution is 2.38. The highest BCUT2D eigenvalue weighted by Gasteiger charge is 2.34. The van der Waals surface area contributed by atoms with Crippen LogP contribution in [0, 0.1) is 5.41 Å². The molecule has 0 saturated heterocycles. The first-order chi connectivity index (χ1) is 7.23. The number of carboxylic acids is 1. The summed E-state index contributed by atoms with van der Waals surface area (Å²) in [6.45, 7) is 5.68. The summed E-state index contributed by atoms with van der Waals surface area (Å²) < 4.78 is 0.840. The van der Waals surface area contributed by atoms with Crippen molar-refractivity contribution >= 4 is 27.6 Å². The van der Waals surface area contributed by atoms with Crippen molar-refractivity contribution < 1.29 is 9.90 Å². The summed E-state index contributed by atoms with van der Waals surface area (Å²) in [6, 6.07) is 5.31. The second-order valence-electron chi connectivity index (χ2n) is 4.91. The summed E-state index contributed by atoms with van der Waals surface area (Å²) in [7, 11) is 0. The zero-order valence-corrected chi connectivity index (χ0v) is 11.2. The molecule has 0 heterocycles. The van der Waals surface area contributed by atoms with E-state index in [1.54, 1.807) is 18.2 Å².